The van der Waals surface area contributed by atoms with E-state index in [9.17, 15) is 0 Å². The van der Waals surface area contributed by atoms with E-state index in [2.05, 4.69) is 42.3 Å². The monoisotopic (exact) mass is 323 g/mol. The second-order valence-corrected chi connectivity index (χ2v) is 12.6. The molecule has 0 unspecified atom stereocenters. The maximum atomic E-state index is 4.90. The predicted molar refractivity (Wildman–Crippen MR) is 60.9 cm³/mol. The van der Waals surface area contributed by atoms with E-state index < -0.39 is 9.20 Å². The molecule has 0 bridgehead atoms. The molecule has 0 amide bonds. The van der Waals surface area contributed by atoms with Gasteiger partial charge in [-0.05, 0) is 0 Å². The van der Waals surface area contributed by atoms with Crippen molar-refractivity contribution < 1.29 is 19.0 Å². The molecule has 0 saturated carbocycles. The SMILES string of the molecule is C[NH+](C)C.C[NH+](C)C.[Cl][Cu-2]([Cl])([Cl])[Cl]. The molecule has 0 spiro atoms. The molecular weight excluding hydrogens is 305 g/mol. The van der Waals surface area contributed by atoms with Crippen molar-refractivity contribution in [2.24, 2.45) is 0 Å². The summed E-state index contributed by atoms with van der Waals surface area (Å²) in [6.07, 6.45) is 0. The quantitative estimate of drug-likeness (QED) is 0.592. The number of hydrogen-bond donors (Lipinski definition) is 2. The van der Waals surface area contributed by atoms with Gasteiger partial charge in [0.15, 0.2) is 0 Å². The number of hydrogen-bond acceptors (Lipinski definition) is 0. The second-order valence-electron chi connectivity index (χ2n) is 3.26. The maximum absolute atomic E-state index is 4.90. The molecule has 0 aliphatic carbocycles. The Morgan fingerprint density at radius 1 is 0.615 bits per heavy atom. The van der Waals surface area contributed by atoms with Gasteiger partial charge in [0.2, 0.25) is 0 Å². The van der Waals surface area contributed by atoms with Crippen molar-refractivity contribution in [3.63, 3.8) is 0 Å². The van der Waals surface area contributed by atoms with Crippen LogP contribution in [-0.2, 0) is 9.20 Å². The number of nitrogens with one attached hydrogen (secondary N) is 2. The van der Waals surface area contributed by atoms with Crippen molar-refractivity contribution in [2.75, 3.05) is 42.3 Å². The molecule has 2 nitrogen and oxygen atoms in total. The van der Waals surface area contributed by atoms with Gasteiger partial charge in [0.05, 0.1) is 42.3 Å². The Morgan fingerprint density at radius 2 is 0.615 bits per heavy atom. The fourth-order valence-corrected chi connectivity index (χ4v) is 0. The number of rotatable bonds is 0. The molecule has 2 N–H and O–H groups in total. The molecule has 0 aromatic heterocycles. The van der Waals surface area contributed by atoms with E-state index in [1.54, 1.807) is 0 Å². The van der Waals surface area contributed by atoms with Crippen LogP contribution in [-0.4, -0.2) is 42.3 Å². The summed E-state index contributed by atoms with van der Waals surface area (Å²) in [5.41, 5.74) is 0. The van der Waals surface area contributed by atoms with Gasteiger partial charge in [-0.3, -0.25) is 0 Å². The minimum absolute atomic E-state index is 1.42. The van der Waals surface area contributed by atoms with Gasteiger partial charge in [0, 0.05) is 0 Å². The van der Waals surface area contributed by atoms with E-state index in [1.807, 2.05) is 0 Å². The van der Waals surface area contributed by atoms with Gasteiger partial charge in [-0.2, -0.15) is 0 Å². The van der Waals surface area contributed by atoms with Gasteiger partial charge < -0.3 is 9.80 Å². The molecule has 0 aromatic carbocycles. The van der Waals surface area contributed by atoms with Gasteiger partial charge in [0.1, 0.15) is 0 Å². The first-order valence-electron chi connectivity index (χ1n) is 3.46. The summed E-state index contributed by atoms with van der Waals surface area (Å²) < 4.78 is 0. The van der Waals surface area contributed by atoms with E-state index in [0.29, 0.717) is 0 Å². The van der Waals surface area contributed by atoms with Crippen LogP contribution >= 0.6 is 40.4 Å². The van der Waals surface area contributed by atoms with E-state index in [-0.39, 0.29) is 0 Å². The second kappa shape index (κ2) is 11.7. The Labute approximate surface area is 101 Å². The first-order valence-corrected chi connectivity index (χ1v) is 8.64. The fraction of sp³-hybridized carbons (Fsp3) is 1.00. The predicted octanol–water partition coefficient (Wildman–Crippen LogP) is 0.277. The van der Waals surface area contributed by atoms with Crippen molar-refractivity contribution in [1.29, 1.82) is 0 Å². The van der Waals surface area contributed by atoms with Crippen LogP contribution in [0.15, 0.2) is 0 Å². The summed E-state index contributed by atoms with van der Waals surface area (Å²) in [5, 5.41) is 0. The Bertz CT molecular complexity index is 77.6. The summed E-state index contributed by atoms with van der Waals surface area (Å²) in [4.78, 5) is 2.83. The van der Waals surface area contributed by atoms with E-state index in [4.69, 9.17) is 40.4 Å². The summed E-state index contributed by atoms with van der Waals surface area (Å²) in [6.45, 7) is 0. The summed E-state index contributed by atoms with van der Waals surface area (Å²) in [5.74, 6) is 0. The zero-order valence-corrected chi connectivity index (χ0v) is 12.8. The number of halogens is 4. The summed E-state index contributed by atoms with van der Waals surface area (Å²) in [6, 6.07) is 0. The zero-order valence-electron chi connectivity index (χ0n) is 8.81. The molecule has 93 valence electrons. The third kappa shape index (κ3) is 715. The number of quaternary nitrogens is 2. The summed E-state index contributed by atoms with van der Waals surface area (Å²) >= 11 is 0. The molecule has 0 aliphatic heterocycles. The van der Waals surface area contributed by atoms with Crippen LogP contribution in [0.3, 0.4) is 0 Å². The normalized spacial score (nSPS) is 11.4. The van der Waals surface area contributed by atoms with E-state index in [0.717, 1.165) is 0 Å². The topological polar surface area (TPSA) is 8.88 Å². The third-order valence-corrected chi connectivity index (χ3v) is 0. The molecular formula is C6H20Cl4CuN2. The van der Waals surface area contributed by atoms with Gasteiger partial charge in [-0.15, -0.1) is 0 Å². The average Bonchev–Trinajstić information content (AvgIpc) is 1.50. The molecule has 0 atom stereocenters. The van der Waals surface area contributed by atoms with Crippen LogP contribution in [0.1, 0.15) is 0 Å². The van der Waals surface area contributed by atoms with E-state index >= 15 is 0 Å². The van der Waals surface area contributed by atoms with Crippen LogP contribution in [0, 0.1) is 0 Å². The Kier molecular flexibility index (Phi) is 18.0. The minimum atomic E-state index is -2.24. The van der Waals surface area contributed by atoms with E-state index in [1.165, 1.54) is 9.80 Å². The molecule has 0 radical (unpaired) electrons. The van der Waals surface area contributed by atoms with Crippen LogP contribution < -0.4 is 9.80 Å². The molecule has 0 aromatic rings. The third-order valence-electron chi connectivity index (χ3n) is 0. The van der Waals surface area contributed by atoms with Crippen LogP contribution in [0.2, 0.25) is 0 Å². The standard InChI is InChI=1S/2C3H9N.4ClH.Cu/c2*1-4(2)3;;;;;/h2*1-3H3;4*1H;/q;;;;;;+2/p-2. The van der Waals surface area contributed by atoms with Crippen LogP contribution in [0.4, 0.5) is 0 Å². The molecule has 0 aliphatic rings. The molecule has 0 rings (SSSR count). The van der Waals surface area contributed by atoms with Crippen molar-refractivity contribution in [3.8, 4) is 0 Å². The Hall–Kier alpha value is 1.60. The molecule has 7 heteroatoms. The molecule has 0 heterocycles. The van der Waals surface area contributed by atoms with Crippen molar-refractivity contribution in [1.82, 2.24) is 0 Å². The van der Waals surface area contributed by atoms with Crippen LogP contribution in [0.5, 0.6) is 0 Å². The molecule has 13 heavy (non-hydrogen) atoms. The molecule has 0 saturated heterocycles. The van der Waals surface area contributed by atoms with Gasteiger partial charge >= 0.3 is 49.6 Å². The van der Waals surface area contributed by atoms with Gasteiger partial charge in [-0.1, -0.05) is 0 Å². The molecule has 0 fully saturated rings. The first-order chi connectivity index (χ1) is 5.46. The van der Waals surface area contributed by atoms with Crippen LogP contribution in [0.25, 0.3) is 0 Å². The Balaban J connectivity index is -0.000000117. The van der Waals surface area contributed by atoms with Gasteiger partial charge in [0.25, 0.3) is 0 Å². The fourth-order valence-electron chi connectivity index (χ4n) is 0. The Morgan fingerprint density at radius 3 is 0.615 bits per heavy atom. The average molecular weight is 326 g/mol. The van der Waals surface area contributed by atoms with Crippen molar-refractivity contribution in [3.05, 3.63) is 0 Å². The van der Waals surface area contributed by atoms with Gasteiger partial charge in [-0.25, -0.2) is 0 Å². The zero-order chi connectivity index (χ0) is 11.7. The van der Waals surface area contributed by atoms with Crippen molar-refractivity contribution >= 4 is 40.4 Å². The van der Waals surface area contributed by atoms with Crippen molar-refractivity contribution in [2.45, 2.75) is 0 Å². The first kappa shape index (κ1) is 20.1. The summed E-state index contributed by atoms with van der Waals surface area (Å²) in [7, 11) is 29.9.